The molecule has 0 radical (unpaired) electrons. The molecule has 3 aromatic rings. The Kier molecular flexibility index (Phi) is 6.25. The second-order valence-electron chi connectivity index (χ2n) is 9.66. The molecular formula is C27H31N3O5. The van der Waals surface area contributed by atoms with E-state index in [4.69, 9.17) is 18.9 Å². The summed E-state index contributed by atoms with van der Waals surface area (Å²) in [5.41, 5.74) is 3.43. The molecule has 2 amide bonds. The second-order valence-corrected chi connectivity index (χ2v) is 9.66. The number of carbonyl (C=O) groups excluding carboxylic acids is 1. The number of hydrogen-bond donors (Lipinski definition) is 2. The Balaban J connectivity index is 1.29. The number of hydrogen-bond acceptors (Lipinski definition) is 6. The van der Waals surface area contributed by atoms with E-state index >= 15 is 0 Å². The van der Waals surface area contributed by atoms with Gasteiger partial charge in [0, 0.05) is 29.4 Å². The van der Waals surface area contributed by atoms with E-state index in [0.29, 0.717) is 30.8 Å². The van der Waals surface area contributed by atoms with Gasteiger partial charge in [-0.2, -0.15) is 0 Å². The molecule has 0 unspecified atom stereocenters. The van der Waals surface area contributed by atoms with Crippen molar-refractivity contribution in [2.75, 3.05) is 18.5 Å². The molecular weight excluding hydrogens is 446 g/mol. The van der Waals surface area contributed by atoms with Crippen molar-refractivity contribution in [3.8, 4) is 17.2 Å². The van der Waals surface area contributed by atoms with Crippen LogP contribution in [0.1, 0.15) is 37.8 Å². The zero-order valence-electron chi connectivity index (χ0n) is 20.5. The lowest BCUT2D eigenvalue weighted by Crippen LogP contribution is -2.30. The van der Waals surface area contributed by atoms with Gasteiger partial charge in [-0.1, -0.05) is 0 Å². The number of amides is 2. The highest BCUT2D eigenvalue weighted by molar-refractivity contribution is 5.90. The predicted octanol–water partition coefficient (Wildman–Crippen LogP) is 5.46. The van der Waals surface area contributed by atoms with Crippen LogP contribution in [0.25, 0.3) is 10.9 Å². The topological polar surface area (TPSA) is 90.9 Å². The highest BCUT2D eigenvalue weighted by Crippen LogP contribution is 2.34. The molecule has 2 N–H and O–H groups in total. The van der Waals surface area contributed by atoms with Gasteiger partial charge in [0.15, 0.2) is 5.79 Å². The van der Waals surface area contributed by atoms with E-state index in [0.717, 1.165) is 46.3 Å². The zero-order valence-corrected chi connectivity index (χ0v) is 20.5. The molecule has 1 saturated carbocycles. The van der Waals surface area contributed by atoms with E-state index in [1.807, 2.05) is 64.1 Å². The summed E-state index contributed by atoms with van der Waals surface area (Å²) in [6.07, 6.45) is 3.71. The van der Waals surface area contributed by atoms with Crippen LogP contribution in [0.15, 0.2) is 42.6 Å². The van der Waals surface area contributed by atoms with Crippen molar-refractivity contribution < 1.29 is 23.7 Å². The normalized spacial score (nSPS) is 18.9. The monoisotopic (exact) mass is 477 g/mol. The molecule has 8 heteroatoms. The maximum atomic E-state index is 12.1. The quantitative estimate of drug-likeness (QED) is 0.470. The van der Waals surface area contributed by atoms with Gasteiger partial charge in [-0.15, -0.1) is 0 Å². The van der Waals surface area contributed by atoms with Crippen LogP contribution in [0.5, 0.6) is 17.2 Å². The Morgan fingerprint density at radius 2 is 1.94 bits per heavy atom. The number of carbonyl (C=O) groups is 1. The Labute approximate surface area is 204 Å². The summed E-state index contributed by atoms with van der Waals surface area (Å²) in [6.45, 7) is 8.66. The van der Waals surface area contributed by atoms with Crippen molar-refractivity contribution >= 4 is 22.6 Å². The number of fused-ring (bicyclic) bond motifs is 1. The zero-order chi connectivity index (χ0) is 24.6. The van der Waals surface area contributed by atoms with Crippen LogP contribution < -0.4 is 20.1 Å². The smallest absolute Gasteiger partial charge is 0.319 e. The van der Waals surface area contributed by atoms with Gasteiger partial charge in [-0.3, -0.25) is 4.98 Å². The first kappa shape index (κ1) is 23.4. The van der Waals surface area contributed by atoms with Gasteiger partial charge < -0.3 is 29.6 Å². The van der Waals surface area contributed by atoms with E-state index in [-0.39, 0.29) is 12.1 Å². The highest BCUT2D eigenvalue weighted by Gasteiger charge is 2.33. The van der Waals surface area contributed by atoms with Crippen molar-refractivity contribution in [2.24, 2.45) is 0 Å². The Hall–Kier alpha value is -3.36. The minimum atomic E-state index is -0.574. The van der Waals surface area contributed by atoms with Gasteiger partial charge in [-0.25, -0.2) is 4.79 Å². The lowest BCUT2D eigenvalue weighted by molar-refractivity contribution is -0.141. The third kappa shape index (κ3) is 5.66. The molecule has 1 aliphatic heterocycles. The fourth-order valence-corrected chi connectivity index (χ4v) is 4.07. The summed E-state index contributed by atoms with van der Waals surface area (Å²) in [4.78, 5) is 16.6. The fraction of sp³-hybridized carbons (Fsp3) is 0.407. The first-order valence-electron chi connectivity index (χ1n) is 12.0. The van der Waals surface area contributed by atoms with Crippen molar-refractivity contribution in [2.45, 2.75) is 58.5 Å². The number of rotatable bonds is 7. The van der Waals surface area contributed by atoms with E-state index < -0.39 is 5.79 Å². The third-order valence-electron chi connectivity index (χ3n) is 6.08. The molecule has 0 bridgehead atoms. The Morgan fingerprint density at radius 3 is 2.66 bits per heavy atom. The lowest BCUT2D eigenvalue weighted by atomic mass is 10.1. The summed E-state index contributed by atoms with van der Waals surface area (Å²) in [7, 11) is 0. The Morgan fingerprint density at radius 1 is 1.11 bits per heavy atom. The minimum Gasteiger partial charge on any atom is -0.490 e. The van der Waals surface area contributed by atoms with Crippen LogP contribution in [-0.2, 0) is 9.47 Å². The van der Waals surface area contributed by atoms with Crippen LogP contribution in [0, 0.1) is 13.8 Å². The van der Waals surface area contributed by atoms with Gasteiger partial charge >= 0.3 is 6.03 Å². The van der Waals surface area contributed by atoms with Gasteiger partial charge in [0.25, 0.3) is 0 Å². The standard InChI is InChI=1S/C27H31N3O5/c1-16-11-19(7-8-22(16)30-26(31)29-18-5-6-18)34-24-9-10-28-23-13-25(17(2)12-21(23)24)32-14-20-15-33-27(3,4)35-20/h7-13,18,20H,5-6,14-15H2,1-4H3,(H2,29,30,31)/t20-/m0/s1. The molecule has 2 fully saturated rings. The highest BCUT2D eigenvalue weighted by atomic mass is 16.7. The van der Waals surface area contributed by atoms with Crippen LogP contribution in [0.2, 0.25) is 0 Å². The van der Waals surface area contributed by atoms with E-state index in [9.17, 15) is 4.79 Å². The predicted molar refractivity (Wildman–Crippen MR) is 133 cm³/mol. The van der Waals surface area contributed by atoms with E-state index in [2.05, 4.69) is 15.6 Å². The second kappa shape index (κ2) is 9.36. The number of pyridine rings is 1. The molecule has 8 nitrogen and oxygen atoms in total. The summed E-state index contributed by atoms with van der Waals surface area (Å²) >= 11 is 0. The summed E-state index contributed by atoms with van der Waals surface area (Å²) in [6, 6.07) is 11.5. The maximum absolute atomic E-state index is 12.1. The number of ether oxygens (including phenoxy) is 4. The number of nitrogens with one attached hydrogen (secondary N) is 2. The molecule has 1 aliphatic carbocycles. The molecule has 2 heterocycles. The number of aromatic nitrogens is 1. The van der Waals surface area contributed by atoms with Crippen molar-refractivity contribution in [3.63, 3.8) is 0 Å². The molecule has 1 atom stereocenters. The number of nitrogens with zero attached hydrogens (tertiary/aromatic N) is 1. The first-order chi connectivity index (χ1) is 16.8. The number of urea groups is 1. The lowest BCUT2D eigenvalue weighted by Gasteiger charge is -2.18. The molecule has 184 valence electrons. The molecule has 5 rings (SSSR count). The minimum absolute atomic E-state index is 0.108. The molecule has 1 aromatic heterocycles. The summed E-state index contributed by atoms with van der Waals surface area (Å²) in [5, 5.41) is 6.73. The molecule has 2 aliphatic rings. The average Bonchev–Trinajstić information content (AvgIpc) is 3.54. The largest absolute Gasteiger partial charge is 0.490 e. The summed E-state index contributed by atoms with van der Waals surface area (Å²) in [5.74, 6) is 1.56. The van der Waals surface area contributed by atoms with Gasteiger partial charge in [0.1, 0.15) is 30.0 Å². The number of anilines is 1. The number of benzene rings is 2. The van der Waals surface area contributed by atoms with E-state index in [1.165, 1.54) is 0 Å². The number of aryl methyl sites for hydroxylation is 2. The van der Waals surface area contributed by atoms with Crippen molar-refractivity contribution in [3.05, 3.63) is 53.7 Å². The molecule has 0 spiro atoms. The third-order valence-corrected chi connectivity index (χ3v) is 6.08. The van der Waals surface area contributed by atoms with Crippen LogP contribution in [0.3, 0.4) is 0 Å². The Bertz CT molecular complexity index is 1260. The SMILES string of the molecule is Cc1cc(Oc2ccnc3cc(OC[C@H]4COC(C)(C)O4)c(C)cc23)ccc1NC(=O)NC1CC1. The first-order valence-corrected chi connectivity index (χ1v) is 12.0. The molecule has 2 aromatic carbocycles. The maximum Gasteiger partial charge on any atom is 0.319 e. The molecule has 1 saturated heterocycles. The van der Waals surface area contributed by atoms with Crippen molar-refractivity contribution in [1.82, 2.24) is 10.3 Å². The van der Waals surface area contributed by atoms with Crippen LogP contribution >= 0.6 is 0 Å². The van der Waals surface area contributed by atoms with Gasteiger partial charge in [-0.05, 0) is 82.0 Å². The van der Waals surface area contributed by atoms with Crippen LogP contribution in [-0.4, -0.2) is 42.2 Å². The van der Waals surface area contributed by atoms with Crippen LogP contribution in [0.4, 0.5) is 10.5 Å². The summed E-state index contributed by atoms with van der Waals surface area (Å²) < 4.78 is 23.7. The van der Waals surface area contributed by atoms with Gasteiger partial charge in [0.2, 0.25) is 0 Å². The van der Waals surface area contributed by atoms with E-state index in [1.54, 1.807) is 6.20 Å². The fourth-order valence-electron chi connectivity index (χ4n) is 4.07. The van der Waals surface area contributed by atoms with Crippen molar-refractivity contribution in [1.29, 1.82) is 0 Å². The van der Waals surface area contributed by atoms with Gasteiger partial charge in [0.05, 0.1) is 12.1 Å². The average molecular weight is 478 g/mol. The molecule has 35 heavy (non-hydrogen) atoms.